The molecule has 2 aromatic carbocycles. The van der Waals surface area contributed by atoms with Crippen LogP contribution < -0.4 is 21.6 Å². The van der Waals surface area contributed by atoms with Crippen molar-refractivity contribution in [1.82, 2.24) is 21.6 Å². The zero-order chi connectivity index (χ0) is 38.6. The van der Waals surface area contributed by atoms with Gasteiger partial charge in [0.15, 0.2) is 6.10 Å². The lowest BCUT2D eigenvalue weighted by Gasteiger charge is -2.27. The van der Waals surface area contributed by atoms with Crippen molar-refractivity contribution in [3.63, 3.8) is 0 Å². The molecule has 2 amide bonds. The van der Waals surface area contributed by atoms with Crippen molar-refractivity contribution in [3.05, 3.63) is 71.8 Å². The second kappa shape index (κ2) is 23.6. The van der Waals surface area contributed by atoms with Gasteiger partial charge in [-0.25, -0.2) is 9.59 Å². The van der Waals surface area contributed by atoms with E-state index in [-0.39, 0.29) is 32.1 Å². The number of hydrogen-bond donors (Lipinski definition) is 6. The molecule has 3 fully saturated rings. The molecule has 6 N–H and O–H groups in total. The van der Waals surface area contributed by atoms with Crippen LogP contribution in [0.1, 0.15) is 83.3 Å². The predicted molar refractivity (Wildman–Crippen MR) is 202 cm³/mol. The van der Waals surface area contributed by atoms with Crippen LogP contribution in [0.15, 0.2) is 60.7 Å². The fourth-order valence-electron chi connectivity index (χ4n) is 6.43. The Hall–Kier alpha value is -3.34. The van der Waals surface area contributed by atoms with E-state index < -0.39 is 48.2 Å². The van der Waals surface area contributed by atoms with Crippen LogP contribution >= 0.6 is 0 Å². The van der Waals surface area contributed by atoms with Gasteiger partial charge < -0.3 is 39.8 Å². The minimum absolute atomic E-state index is 0.198. The molecule has 3 aliphatic rings. The Morgan fingerprint density at radius 1 is 0.685 bits per heavy atom. The Bertz CT molecular complexity index is 1320. The van der Waals surface area contributed by atoms with Crippen molar-refractivity contribution in [3.8, 4) is 0 Å². The highest BCUT2D eigenvalue weighted by Crippen LogP contribution is 2.21. The van der Waals surface area contributed by atoms with Crippen molar-refractivity contribution >= 4 is 12.2 Å². The first kappa shape index (κ1) is 43.4. The number of rotatable bonds is 17. The Morgan fingerprint density at radius 2 is 1.11 bits per heavy atom. The summed E-state index contributed by atoms with van der Waals surface area (Å²) >= 11 is 0. The van der Waals surface area contributed by atoms with Gasteiger partial charge in [0.25, 0.3) is 0 Å². The zero-order valence-electron chi connectivity index (χ0n) is 32.1. The first-order chi connectivity index (χ1) is 26.0. The Labute approximate surface area is 319 Å². The molecule has 0 bridgehead atoms. The maximum atomic E-state index is 12.3. The quantitative estimate of drug-likeness (QED) is 0.125. The van der Waals surface area contributed by atoms with Crippen molar-refractivity contribution in [2.24, 2.45) is 0 Å². The minimum atomic E-state index is -0.840. The van der Waals surface area contributed by atoms with E-state index in [0.29, 0.717) is 26.1 Å². The van der Waals surface area contributed by atoms with E-state index in [1.165, 1.54) is 25.7 Å². The number of hydroxylamine groups is 2. The Morgan fingerprint density at radius 3 is 1.54 bits per heavy atom. The highest BCUT2D eigenvalue weighted by atomic mass is 16.7. The molecule has 1 aliphatic heterocycles. The molecule has 0 radical (unpaired) electrons. The van der Waals surface area contributed by atoms with E-state index in [0.717, 1.165) is 36.8 Å². The van der Waals surface area contributed by atoms with Crippen LogP contribution in [-0.2, 0) is 41.5 Å². The van der Waals surface area contributed by atoms with E-state index >= 15 is 0 Å². The van der Waals surface area contributed by atoms with E-state index in [4.69, 9.17) is 28.6 Å². The third kappa shape index (κ3) is 17.4. The Balaban J connectivity index is 0.000000241. The lowest BCUT2D eigenvalue weighted by atomic mass is 10.0. The summed E-state index contributed by atoms with van der Waals surface area (Å²) < 4.78 is 20.9. The lowest BCUT2D eigenvalue weighted by molar-refractivity contribution is -0.151. The molecule has 1 heterocycles. The van der Waals surface area contributed by atoms with Gasteiger partial charge in [0.2, 0.25) is 0 Å². The molecule has 302 valence electrons. The number of amides is 2. The standard InChI is InChI=1S/C20H30N2O6.C20H32N2O4/c23-19(11-21-28-16-8-4-5-9-16)18(10-15-6-2-1-3-7-15)22-20(24)27-17-12-25-14-26-13-17;1-20(2,3)25-19(24)22-17(13-15-9-5-4-6-10-15)18(23)14-21-26-16-11-7-8-12-16/h1-3,6-7,16-19,21,23H,4-5,8-14H2,(H,22,24);4-6,9-10,16-18,21,23H,7-8,11-14H2,1-3H3,(H,22,24)/t18-,19+;/m0./s1. The number of carbonyl (C=O) groups excluding carboxylic acids is 2. The number of alkyl carbamates (subject to hydrolysis) is 2. The largest absolute Gasteiger partial charge is 0.444 e. The number of ether oxygens (including phenoxy) is 4. The smallest absolute Gasteiger partial charge is 0.407 e. The summed E-state index contributed by atoms with van der Waals surface area (Å²) in [5, 5.41) is 26.8. The SMILES string of the molecule is CC(C)(C)OC(=O)NC(Cc1ccccc1)C(O)CNOC1CCCC1.O=C(N[C@@H](Cc1ccccc1)[C@H](O)CNOC1CCCC1)OC1COCOC1. The summed E-state index contributed by atoms with van der Waals surface area (Å²) in [6, 6.07) is 18.4. The molecule has 14 nitrogen and oxygen atoms in total. The fourth-order valence-corrected chi connectivity index (χ4v) is 6.43. The topological polar surface area (TPSA) is 178 Å². The maximum absolute atomic E-state index is 12.3. The van der Waals surface area contributed by atoms with Crippen molar-refractivity contribution in [1.29, 1.82) is 0 Å². The van der Waals surface area contributed by atoms with Gasteiger partial charge in [-0.15, -0.1) is 0 Å². The van der Waals surface area contributed by atoms with Gasteiger partial charge in [-0.2, -0.15) is 11.0 Å². The van der Waals surface area contributed by atoms with Gasteiger partial charge >= 0.3 is 12.2 Å². The number of carbonyl (C=O) groups is 2. The van der Waals surface area contributed by atoms with E-state index in [2.05, 4.69) is 21.6 Å². The van der Waals surface area contributed by atoms with E-state index in [1.54, 1.807) is 0 Å². The molecule has 54 heavy (non-hydrogen) atoms. The molecule has 2 saturated carbocycles. The number of benzene rings is 2. The highest BCUT2D eigenvalue weighted by Gasteiger charge is 2.27. The molecule has 0 aromatic heterocycles. The van der Waals surface area contributed by atoms with Crippen LogP contribution in [0.25, 0.3) is 0 Å². The molecular weight excluding hydrogens is 696 g/mol. The highest BCUT2D eigenvalue weighted by molar-refractivity contribution is 5.68. The second-order valence-corrected chi connectivity index (χ2v) is 15.2. The Kier molecular flexibility index (Phi) is 18.9. The molecule has 2 aliphatic carbocycles. The summed E-state index contributed by atoms with van der Waals surface area (Å²) in [6.07, 6.45) is 7.05. The molecular formula is C40H62N4O10. The maximum Gasteiger partial charge on any atom is 0.407 e. The third-order valence-corrected chi connectivity index (χ3v) is 9.27. The summed E-state index contributed by atoms with van der Waals surface area (Å²) in [7, 11) is 0. The van der Waals surface area contributed by atoms with Crippen LogP contribution in [0.4, 0.5) is 9.59 Å². The van der Waals surface area contributed by atoms with Gasteiger partial charge in [0.05, 0.1) is 49.7 Å². The third-order valence-electron chi connectivity index (χ3n) is 9.27. The molecule has 5 rings (SSSR count). The monoisotopic (exact) mass is 758 g/mol. The van der Waals surface area contributed by atoms with Gasteiger partial charge in [-0.05, 0) is 70.4 Å². The average Bonchev–Trinajstić information content (AvgIpc) is 3.87. The molecule has 4 atom stereocenters. The number of aliphatic hydroxyl groups is 2. The minimum Gasteiger partial charge on any atom is -0.444 e. The first-order valence-electron chi connectivity index (χ1n) is 19.4. The van der Waals surface area contributed by atoms with E-state index in [1.807, 2.05) is 81.4 Å². The van der Waals surface area contributed by atoms with Crippen molar-refractivity contribution in [2.75, 3.05) is 33.1 Å². The molecule has 2 unspecified atom stereocenters. The van der Waals surface area contributed by atoms with Crippen LogP contribution in [0.2, 0.25) is 0 Å². The average molecular weight is 759 g/mol. The van der Waals surface area contributed by atoms with Gasteiger partial charge in [0.1, 0.15) is 12.4 Å². The second-order valence-electron chi connectivity index (χ2n) is 15.2. The first-order valence-corrected chi connectivity index (χ1v) is 19.4. The van der Waals surface area contributed by atoms with E-state index in [9.17, 15) is 19.8 Å². The van der Waals surface area contributed by atoms with Crippen molar-refractivity contribution in [2.45, 2.75) is 133 Å². The number of nitrogens with one attached hydrogen (secondary N) is 4. The zero-order valence-corrected chi connectivity index (χ0v) is 32.1. The molecule has 0 spiro atoms. The normalized spacial score (nSPS) is 19.2. The molecule has 14 heteroatoms. The summed E-state index contributed by atoms with van der Waals surface area (Å²) in [5.74, 6) is 0. The van der Waals surface area contributed by atoms with Crippen LogP contribution in [0.3, 0.4) is 0 Å². The number of aliphatic hydroxyl groups excluding tert-OH is 2. The fraction of sp³-hybridized carbons (Fsp3) is 0.650. The van der Waals surface area contributed by atoms with Crippen LogP contribution in [0, 0.1) is 0 Å². The molecule has 2 aromatic rings. The predicted octanol–water partition coefficient (Wildman–Crippen LogP) is 4.47. The number of hydrogen-bond acceptors (Lipinski definition) is 12. The summed E-state index contributed by atoms with van der Waals surface area (Å²) in [6.45, 7) is 6.70. The molecule has 1 saturated heterocycles. The van der Waals surface area contributed by atoms with Gasteiger partial charge in [0, 0.05) is 13.1 Å². The lowest BCUT2D eigenvalue weighted by Crippen LogP contribution is -2.50. The van der Waals surface area contributed by atoms with Crippen molar-refractivity contribution < 1.29 is 48.4 Å². The van der Waals surface area contributed by atoms with Crippen LogP contribution in [0.5, 0.6) is 0 Å². The van der Waals surface area contributed by atoms with Gasteiger partial charge in [-0.1, -0.05) is 86.3 Å². The summed E-state index contributed by atoms with van der Waals surface area (Å²) in [4.78, 5) is 35.7. The van der Waals surface area contributed by atoms with Crippen LogP contribution in [-0.4, -0.2) is 104 Å². The van der Waals surface area contributed by atoms with Gasteiger partial charge in [-0.3, -0.25) is 9.68 Å². The summed E-state index contributed by atoms with van der Waals surface area (Å²) in [5.41, 5.74) is 7.19.